The van der Waals surface area contributed by atoms with E-state index in [-0.39, 0.29) is 29.1 Å². The van der Waals surface area contributed by atoms with Gasteiger partial charge in [-0.2, -0.15) is 0 Å². The molecule has 1 aliphatic carbocycles. The Bertz CT molecular complexity index is 1430. The zero-order chi connectivity index (χ0) is 28.8. The third-order valence-electron chi connectivity index (χ3n) is 11.0. The van der Waals surface area contributed by atoms with E-state index in [4.69, 9.17) is 9.72 Å². The molecule has 4 heterocycles. The Morgan fingerprint density at radius 3 is 2.31 bits per heavy atom. The number of piperidine rings is 2. The van der Waals surface area contributed by atoms with Crippen molar-refractivity contribution >= 4 is 22.9 Å². The molecular formula is C35H44N4O3. The summed E-state index contributed by atoms with van der Waals surface area (Å²) in [6.07, 6.45) is 8.69. The number of benzene rings is 2. The molecule has 1 aromatic heterocycles. The number of carbonyl (C=O) groups excluding carboxylic acids is 2. The highest BCUT2D eigenvalue weighted by Crippen LogP contribution is 2.46. The lowest BCUT2D eigenvalue weighted by Gasteiger charge is -2.45. The number of carbonyl (C=O) groups is 2. The summed E-state index contributed by atoms with van der Waals surface area (Å²) in [4.78, 5) is 35.1. The molecule has 0 N–H and O–H groups in total. The maximum absolute atomic E-state index is 13.3. The van der Waals surface area contributed by atoms with Gasteiger partial charge in [-0.15, -0.1) is 0 Å². The Morgan fingerprint density at radius 1 is 0.905 bits per heavy atom. The van der Waals surface area contributed by atoms with Crippen molar-refractivity contribution in [1.29, 1.82) is 0 Å². The van der Waals surface area contributed by atoms with Gasteiger partial charge in [0.05, 0.1) is 29.5 Å². The minimum atomic E-state index is -0.235. The molecular weight excluding hydrogens is 524 g/mol. The first-order valence-electron chi connectivity index (χ1n) is 16.2. The van der Waals surface area contributed by atoms with E-state index in [1.54, 1.807) is 0 Å². The van der Waals surface area contributed by atoms with Crippen LogP contribution in [0.25, 0.3) is 11.0 Å². The zero-order valence-electron chi connectivity index (χ0n) is 25.1. The van der Waals surface area contributed by atoms with Gasteiger partial charge in [0.15, 0.2) is 0 Å². The van der Waals surface area contributed by atoms with Crippen LogP contribution in [0.4, 0.5) is 0 Å². The van der Waals surface area contributed by atoms with Gasteiger partial charge in [-0.25, -0.2) is 4.98 Å². The molecule has 1 amide bonds. The molecule has 7 rings (SSSR count). The summed E-state index contributed by atoms with van der Waals surface area (Å²) in [6.45, 7) is 7.00. The van der Waals surface area contributed by atoms with Gasteiger partial charge in [-0.05, 0) is 94.9 Å². The molecule has 42 heavy (non-hydrogen) atoms. The molecule has 7 heteroatoms. The number of ether oxygens (including phenoxy) is 1. The lowest BCUT2D eigenvalue weighted by molar-refractivity contribution is -0.147. The van der Waals surface area contributed by atoms with E-state index in [1.165, 1.54) is 36.8 Å². The number of esters is 1. The number of aryl methyl sites for hydroxylation is 1. The van der Waals surface area contributed by atoms with Gasteiger partial charge in [0.25, 0.3) is 0 Å². The first kappa shape index (κ1) is 27.6. The first-order valence-corrected chi connectivity index (χ1v) is 16.2. The highest BCUT2D eigenvalue weighted by Gasteiger charge is 2.52. The van der Waals surface area contributed by atoms with E-state index >= 15 is 0 Å². The third-order valence-corrected chi connectivity index (χ3v) is 11.0. The van der Waals surface area contributed by atoms with Crippen LogP contribution < -0.4 is 0 Å². The van der Waals surface area contributed by atoms with Crippen LogP contribution in [0.1, 0.15) is 75.7 Å². The minimum Gasteiger partial charge on any atom is -0.466 e. The number of likely N-dealkylation sites (tertiary alicyclic amines) is 1. The summed E-state index contributed by atoms with van der Waals surface area (Å²) in [7, 11) is 0. The maximum Gasteiger partial charge on any atom is 0.309 e. The fourth-order valence-electron chi connectivity index (χ4n) is 8.63. The van der Waals surface area contributed by atoms with Crippen LogP contribution in [-0.2, 0) is 19.7 Å². The van der Waals surface area contributed by atoms with E-state index in [9.17, 15) is 9.59 Å². The second-order valence-electron chi connectivity index (χ2n) is 13.2. The molecule has 0 spiro atoms. The minimum absolute atomic E-state index is 0.0789. The van der Waals surface area contributed by atoms with Crippen LogP contribution in [0.15, 0.2) is 54.6 Å². The van der Waals surface area contributed by atoms with Crippen LogP contribution in [-0.4, -0.2) is 69.6 Å². The number of amides is 1. The molecule has 7 nitrogen and oxygen atoms in total. The topological polar surface area (TPSA) is 67.7 Å². The molecule has 2 aromatic carbocycles. The highest BCUT2D eigenvalue weighted by molar-refractivity contribution is 5.90. The number of fused-ring (bicyclic) bond motifs is 3. The molecule has 3 aromatic rings. The van der Waals surface area contributed by atoms with Gasteiger partial charge >= 0.3 is 5.97 Å². The summed E-state index contributed by atoms with van der Waals surface area (Å²) >= 11 is 0. The predicted molar refractivity (Wildman–Crippen MR) is 163 cm³/mol. The van der Waals surface area contributed by atoms with Crippen LogP contribution in [0, 0.1) is 18.8 Å². The quantitative estimate of drug-likeness (QED) is 0.328. The average molecular weight is 569 g/mol. The van der Waals surface area contributed by atoms with Crippen LogP contribution in [0.2, 0.25) is 0 Å². The Morgan fingerprint density at radius 2 is 1.60 bits per heavy atom. The van der Waals surface area contributed by atoms with Gasteiger partial charge in [0.2, 0.25) is 5.91 Å². The van der Waals surface area contributed by atoms with Crippen molar-refractivity contribution in [2.45, 2.75) is 88.8 Å². The predicted octanol–water partition coefficient (Wildman–Crippen LogP) is 5.66. The standard InChI is InChI=1S/C35H44N4O3/c1-3-42-34(41)30-23-29(30)33(40)37-18-15-35(16-19-37,25-9-5-4-6-10-25)17-20-38-26-13-14-27(38)22-28(21-26)39-24(2)36-31-11-7-8-12-32(31)39/h4-12,26-30H,3,13-23H2,1-2H3/t26-,27+,28?,29-,30-/m0/s1. The number of aromatic nitrogens is 2. The second-order valence-corrected chi connectivity index (χ2v) is 13.2. The fraction of sp³-hybridized carbons (Fsp3) is 0.571. The van der Waals surface area contributed by atoms with Crippen molar-refractivity contribution < 1.29 is 14.3 Å². The maximum atomic E-state index is 13.3. The molecule has 5 atom stereocenters. The van der Waals surface area contributed by atoms with Gasteiger partial charge in [-0.1, -0.05) is 42.5 Å². The molecule has 3 aliphatic heterocycles. The van der Waals surface area contributed by atoms with Gasteiger partial charge in [0.1, 0.15) is 5.82 Å². The van der Waals surface area contributed by atoms with Gasteiger partial charge in [-0.3, -0.25) is 14.5 Å². The van der Waals surface area contributed by atoms with E-state index in [1.807, 2.05) is 11.8 Å². The first-order chi connectivity index (χ1) is 20.5. The number of imidazole rings is 1. The summed E-state index contributed by atoms with van der Waals surface area (Å²) in [6, 6.07) is 21.4. The normalized spacial score (nSPS) is 28.6. The summed E-state index contributed by atoms with van der Waals surface area (Å²) < 4.78 is 7.69. The fourth-order valence-corrected chi connectivity index (χ4v) is 8.63. The molecule has 2 bridgehead atoms. The Hall–Kier alpha value is -3.19. The summed E-state index contributed by atoms with van der Waals surface area (Å²) in [5.74, 6) is 0.666. The van der Waals surface area contributed by atoms with E-state index < -0.39 is 0 Å². The molecule has 1 unspecified atom stereocenters. The molecule has 1 saturated carbocycles. The SMILES string of the molecule is CCOC(=O)[C@H]1C[C@@H]1C(=O)N1CCC(CCN2[C@@H]3CC[C@H]2CC(n2c(C)nc4ccccc42)C3)(c2ccccc2)CC1. The van der Waals surface area contributed by atoms with E-state index in [0.717, 1.165) is 50.2 Å². The monoisotopic (exact) mass is 568 g/mol. The molecule has 0 radical (unpaired) electrons. The molecule has 4 fully saturated rings. The number of para-hydroxylation sites is 2. The Kier molecular flexibility index (Phi) is 7.33. The average Bonchev–Trinajstić information content (AvgIpc) is 3.69. The lowest BCUT2D eigenvalue weighted by Crippen LogP contribution is -2.49. The van der Waals surface area contributed by atoms with Crippen molar-refractivity contribution in [3.05, 3.63) is 66.0 Å². The van der Waals surface area contributed by atoms with Crippen molar-refractivity contribution in [2.24, 2.45) is 11.8 Å². The summed E-state index contributed by atoms with van der Waals surface area (Å²) in [5, 5.41) is 0. The van der Waals surface area contributed by atoms with Gasteiger partial charge < -0.3 is 14.2 Å². The second kappa shape index (κ2) is 11.1. The smallest absolute Gasteiger partial charge is 0.309 e. The number of hydrogen-bond donors (Lipinski definition) is 0. The molecule has 4 aliphatic rings. The van der Waals surface area contributed by atoms with E-state index in [2.05, 4.69) is 71.0 Å². The van der Waals surface area contributed by atoms with Gasteiger partial charge in [0, 0.05) is 31.2 Å². The zero-order valence-corrected chi connectivity index (χ0v) is 25.1. The molecule has 3 saturated heterocycles. The van der Waals surface area contributed by atoms with Crippen molar-refractivity contribution in [1.82, 2.24) is 19.4 Å². The number of rotatable bonds is 8. The number of nitrogens with zero attached hydrogens (tertiary/aromatic N) is 4. The highest BCUT2D eigenvalue weighted by atomic mass is 16.5. The number of hydrogen-bond acceptors (Lipinski definition) is 5. The van der Waals surface area contributed by atoms with Crippen LogP contribution >= 0.6 is 0 Å². The van der Waals surface area contributed by atoms with Crippen molar-refractivity contribution in [3.63, 3.8) is 0 Å². The summed E-state index contributed by atoms with van der Waals surface area (Å²) in [5.41, 5.74) is 3.88. The Labute approximate surface area is 249 Å². The van der Waals surface area contributed by atoms with Crippen LogP contribution in [0.3, 0.4) is 0 Å². The largest absolute Gasteiger partial charge is 0.466 e. The van der Waals surface area contributed by atoms with E-state index in [0.29, 0.717) is 31.2 Å². The lowest BCUT2D eigenvalue weighted by atomic mass is 9.70. The third kappa shape index (κ3) is 4.93. The van der Waals surface area contributed by atoms with Crippen molar-refractivity contribution in [2.75, 3.05) is 26.2 Å². The van der Waals surface area contributed by atoms with Crippen LogP contribution in [0.5, 0.6) is 0 Å². The van der Waals surface area contributed by atoms with Crippen molar-refractivity contribution in [3.8, 4) is 0 Å². The molecule has 222 valence electrons. The Balaban J connectivity index is 1.03.